The van der Waals surface area contributed by atoms with Crippen molar-refractivity contribution in [3.05, 3.63) is 0 Å². The number of nitrogens with two attached hydrogens (primary N) is 1. The molecule has 4 heteroatoms. The Balaban J connectivity index is 1.85. The largest absolute Gasteiger partial charge is 0.377 e. The molecule has 114 valence electrons. The molecule has 0 aromatic carbocycles. The molecular weight excluding hydrogens is 252 g/mol. The van der Waals surface area contributed by atoms with Gasteiger partial charge in [0.2, 0.25) is 5.91 Å². The minimum atomic E-state index is -0.732. The van der Waals surface area contributed by atoms with Crippen LogP contribution in [0.1, 0.15) is 52.9 Å². The molecule has 4 nitrogen and oxygen atoms in total. The smallest absolute Gasteiger partial charge is 0.243 e. The summed E-state index contributed by atoms with van der Waals surface area (Å²) < 4.78 is 5.90. The minimum absolute atomic E-state index is 0.158. The lowest BCUT2D eigenvalue weighted by atomic mass is 9.46. The van der Waals surface area contributed by atoms with Crippen molar-refractivity contribution in [2.75, 3.05) is 13.2 Å². The highest BCUT2D eigenvalue weighted by Crippen LogP contribution is 2.58. The van der Waals surface area contributed by atoms with E-state index in [4.69, 9.17) is 10.5 Å². The van der Waals surface area contributed by atoms with Crippen LogP contribution in [0.2, 0.25) is 0 Å². The molecule has 0 spiro atoms. The highest BCUT2D eigenvalue weighted by molar-refractivity contribution is 5.90. The van der Waals surface area contributed by atoms with Gasteiger partial charge in [0.05, 0.1) is 6.10 Å². The summed E-state index contributed by atoms with van der Waals surface area (Å²) in [5.41, 5.74) is 5.71. The summed E-state index contributed by atoms with van der Waals surface area (Å²) in [5.74, 6) is 0.370. The van der Waals surface area contributed by atoms with Gasteiger partial charge in [0.1, 0.15) is 5.54 Å². The number of ether oxygens (including phenoxy) is 1. The van der Waals surface area contributed by atoms with E-state index in [0.29, 0.717) is 6.04 Å². The number of likely N-dealkylation sites (tertiary alicyclic amines) is 1. The molecule has 3 aliphatic rings. The molecule has 1 amide bonds. The summed E-state index contributed by atoms with van der Waals surface area (Å²) >= 11 is 0. The average Bonchev–Trinajstić information content (AvgIpc) is 2.46. The fourth-order valence-corrected chi connectivity index (χ4v) is 4.65. The standard InChI is InChI=1S/C16H28N2O2/c1-11-7-4-5-9-18(11)14(19)16(17)12-8-6-10-20-13(12)15(16,2)3/h11-13H,4-10,17H2,1-3H3. The van der Waals surface area contributed by atoms with E-state index in [-0.39, 0.29) is 23.3 Å². The Morgan fingerprint density at radius 3 is 2.70 bits per heavy atom. The van der Waals surface area contributed by atoms with Gasteiger partial charge < -0.3 is 15.4 Å². The maximum absolute atomic E-state index is 13.1. The van der Waals surface area contributed by atoms with Crippen LogP contribution in [0, 0.1) is 11.3 Å². The summed E-state index contributed by atoms with van der Waals surface area (Å²) in [7, 11) is 0. The van der Waals surface area contributed by atoms with Gasteiger partial charge in [0, 0.05) is 30.5 Å². The van der Waals surface area contributed by atoms with Crippen molar-refractivity contribution in [1.29, 1.82) is 0 Å². The lowest BCUT2D eigenvalue weighted by Gasteiger charge is -2.66. The van der Waals surface area contributed by atoms with Crippen LogP contribution in [0.15, 0.2) is 0 Å². The summed E-state index contributed by atoms with van der Waals surface area (Å²) in [6.07, 6.45) is 5.65. The highest BCUT2D eigenvalue weighted by Gasteiger charge is 2.71. The van der Waals surface area contributed by atoms with E-state index in [1.165, 1.54) is 6.42 Å². The third kappa shape index (κ3) is 1.70. The Kier molecular flexibility index (Phi) is 3.37. The van der Waals surface area contributed by atoms with Crippen LogP contribution in [0.4, 0.5) is 0 Å². The molecule has 0 aromatic heterocycles. The molecule has 3 rings (SSSR count). The lowest BCUT2D eigenvalue weighted by Crippen LogP contribution is -2.82. The second-order valence-electron chi connectivity index (χ2n) is 7.47. The zero-order valence-electron chi connectivity index (χ0n) is 13.0. The van der Waals surface area contributed by atoms with Crippen LogP contribution in [-0.2, 0) is 9.53 Å². The van der Waals surface area contributed by atoms with Gasteiger partial charge >= 0.3 is 0 Å². The first-order valence-corrected chi connectivity index (χ1v) is 8.12. The number of piperidine rings is 1. The molecule has 1 aliphatic carbocycles. The number of hydrogen-bond acceptors (Lipinski definition) is 3. The van der Waals surface area contributed by atoms with Gasteiger partial charge in [-0.1, -0.05) is 13.8 Å². The SMILES string of the molecule is CC1CCCCN1C(=O)C1(N)C2CCCOC2C1(C)C. The van der Waals surface area contributed by atoms with Crippen LogP contribution >= 0.6 is 0 Å². The Hall–Kier alpha value is -0.610. The zero-order chi connectivity index (χ0) is 14.5. The van der Waals surface area contributed by atoms with Gasteiger partial charge in [-0.2, -0.15) is 0 Å². The molecule has 0 bridgehead atoms. The highest BCUT2D eigenvalue weighted by atomic mass is 16.5. The predicted molar refractivity (Wildman–Crippen MR) is 78.2 cm³/mol. The van der Waals surface area contributed by atoms with Crippen molar-refractivity contribution in [1.82, 2.24) is 4.90 Å². The van der Waals surface area contributed by atoms with Gasteiger partial charge in [-0.05, 0) is 39.0 Å². The van der Waals surface area contributed by atoms with Crippen LogP contribution in [0.3, 0.4) is 0 Å². The first kappa shape index (κ1) is 14.3. The summed E-state index contributed by atoms with van der Waals surface area (Å²) in [4.78, 5) is 15.2. The van der Waals surface area contributed by atoms with E-state index in [0.717, 1.165) is 38.8 Å². The monoisotopic (exact) mass is 280 g/mol. The van der Waals surface area contributed by atoms with Crippen LogP contribution < -0.4 is 5.73 Å². The molecule has 0 aromatic rings. The molecule has 2 saturated heterocycles. The third-order valence-electron chi connectivity index (χ3n) is 6.10. The van der Waals surface area contributed by atoms with E-state index in [1.54, 1.807) is 0 Å². The van der Waals surface area contributed by atoms with Crippen LogP contribution in [0.25, 0.3) is 0 Å². The third-order valence-corrected chi connectivity index (χ3v) is 6.10. The normalized spacial score (nSPS) is 43.6. The maximum atomic E-state index is 13.1. The number of fused-ring (bicyclic) bond motifs is 1. The predicted octanol–water partition coefficient (Wildman–Crippen LogP) is 1.92. The maximum Gasteiger partial charge on any atom is 0.243 e. The van der Waals surface area contributed by atoms with Crippen LogP contribution in [-0.4, -0.2) is 41.6 Å². The van der Waals surface area contributed by atoms with E-state index in [2.05, 4.69) is 20.8 Å². The quantitative estimate of drug-likeness (QED) is 0.798. The fraction of sp³-hybridized carbons (Fsp3) is 0.938. The molecular formula is C16H28N2O2. The molecule has 20 heavy (non-hydrogen) atoms. The Morgan fingerprint density at radius 1 is 1.25 bits per heavy atom. The van der Waals surface area contributed by atoms with E-state index < -0.39 is 5.54 Å². The lowest BCUT2D eigenvalue weighted by molar-refractivity contribution is -0.231. The topological polar surface area (TPSA) is 55.6 Å². The van der Waals surface area contributed by atoms with Gasteiger partial charge in [-0.3, -0.25) is 4.79 Å². The number of amides is 1. The fourth-order valence-electron chi connectivity index (χ4n) is 4.65. The number of nitrogens with zero attached hydrogens (tertiary/aromatic N) is 1. The molecule has 0 radical (unpaired) electrons. The number of hydrogen-bond donors (Lipinski definition) is 1. The Labute approximate surface area is 122 Å². The minimum Gasteiger partial charge on any atom is -0.377 e. The Bertz CT molecular complexity index is 409. The van der Waals surface area contributed by atoms with E-state index in [9.17, 15) is 4.79 Å². The van der Waals surface area contributed by atoms with Crippen molar-refractivity contribution < 1.29 is 9.53 Å². The van der Waals surface area contributed by atoms with Gasteiger partial charge in [-0.25, -0.2) is 0 Å². The van der Waals surface area contributed by atoms with Crippen molar-refractivity contribution in [2.24, 2.45) is 17.1 Å². The van der Waals surface area contributed by atoms with Gasteiger partial charge in [-0.15, -0.1) is 0 Å². The van der Waals surface area contributed by atoms with Gasteiger partial charge in [0.15, 0.2) is 0 Å². The number of carbonyl (C=O) groups is 1. The van der Waals surface area contributed by atoms with Crippen molar-refractivity contribution in [3.63, 3.8) is 0 Å². The van der Waals surface area contributed by atoms with Crippen LogP contribution in [0.5, 0.6) is 0 Å². The van der Waals surface area contributed by atoms with Crippen molar-refractivity contribution >= 4 is 5.91 Å². The zero-order valence-corrected chi connectivity index (χ0v) is 13.0. The summed E-state index contributed by atoms with van der Waals surface area (Å²) in [6.45, 7) is 8.04. The Morgan fingerprint density at radius 2 is 2.00 bits per heavy atom. The van der Waals surface area contributed by atoms with E-state index in [1.807, 2.05) is 4.90 Å². The molecule has 1 saturated carbocycles. The second kappa shape index (κ2) is 4.70. The summed E-state index contributed by atoms with van der Waals surface area (Å²) in [6, 6.07) is 0.330. The van der Waals surface area contributed by atoms with Crippen molar-refractivity contribution in [3.8, 4) is 0 Å². The molecule has 4 atom stereocenters. The molecule has 2 N–H and O–H groups in total. The number of carbonyl (C=O) groups excluding carboxylic acids is 1. The molecule has 3 fully saturated rings. The second-order valence-corrected chi connectivity index (χ2v) is 7.47. The van der Waals surface area contributed by atoms with Crippen molar-refractivity contribution in [2.45, 2.75) is 70.6 Å². The first-order chi connectivity index (χ1) is 9.40. The van der Waals surface area contributed by atoms with E-state index >= 15 is 0 Å². The molecule has 2 aliphatic heterocycles. The summed E-state index contributed by atoms with van der Waals surface area (Å²) in [5, 5.41) is 0. The molecule has 2 heterocycles. The molecule has 4 unspecified atom stereocenters. The average molecular weight is 280 g/mol. The van der Waals surface area contributed by atoms with Gasteiger partial charge in [0.25, 0.3) is 0 Å². The first-order valence-electron chi connectivity index (χ1n) is 8.12. The number of rotatable bonds is 1.